The second-order valence-electron chi connectivity index (χ2n) is 18.2. The average molecular weight is 1050 g/mol. The Morgan fingerprint density at radius 1 is 0.753 bits per heavy atom. The Morgan fingerprint density at radius 2 is 1.36 bits per heavy atom. The number of hydrogen-bond donors (Lipinski definition) is 13. The normalized spacial score (nSPS) is 21.9. The summed E-state index contributed by atoms with van der Waals surface area (Å²) in [5, 5.41) is 19.7. The van der Waals surface area contributed by atoms with Gasteiger partial charge in [0.05, 0.1) is 0 Å². The van der Waals surface area contributed by atoms with E-state index in [4.69, 9.17) is 28.7 Å². The lowest BCUT2D eigenvalue weighted by atomic mass is 9.99. The fraction of sp³-hybridized carbons (Fsp3) is 0.500. The van der Waals surface area contributed by atoms with Crippen molar-refractivity contribution in [1.82, 2.24) is 42.2 Å². The summed E-state index contributed by atoms with van der Waals surface area (Å²) in [6.45, 7) is 4.99. The largest absolute Gasteiger partial charge is 0.370 e. The van der Waals surface area contributed by atoms with E-state index in [1.165, 1.54) is 17.7 Å². The smallest absolute Gasteiger partial charge is 0.243 e. The molecule has 4 rings (SSSR count). The molecule has 0 saturated carbocycles. The number of nitrogens with two attached hydrogens (primary N) is 5. The van der Waals surface area contributed by atoms with Crippen molar-refractivity contribution in [3.63, 3.8) is 0 Å². The summed E-state index contributed by atoms with van der Waals surface area (Å²) in [7, 11) is 2.36. The third-order valence-corrected chi connectivity index (χ3v) is 15.2. The Balaban J connectivity index is 1.84. The van der Waals surface area contributed by atoms with E-state index in [2.05, 4.69) is 47.2 Å². The number of para-hydroxylation sites is 1. The molecule has 398 valence electrons. The molecule has 0 bridgehead atoms. The standard InChI is InChI=1S/C48H70N14O9S2/c1-27(63)56-32(16-9-10-21-49)41(66)59-35-20-23-72-73-48(2,3)39(40(51)65)62-46(71)37(25-29-26-55-31-15-8-7-14-30(29)31)61-42(67)33(17-11-22-54-47(52)53)57-45(70)36(24-28-12-5-4-6-13-28)60-43(68)34(58-44(35)69)18-19-38(50)64/h4-8,12-15,26,32-37,39,55H,9-11,16-25,49H2,1-3H3,(H2,50,64)(H2,51,65)(H,56,63)(H,57,70)(H,58,69)(H,59,66)(H,60,68)(H,61,67)(H,62,71)(H4,52,53,54)/t32-,33+,34+,35+,36-,37+,39-/m1/s1. The highest BCUT2D eigenvalue weighted by atomic mass is 33.1. The number of H-pyrrole nitrogens is 1. The van der Waals surface area contributed by atoms with Gasteiger partial charge in [-0.1, -0.05) is 70.1 Å². The molecule has 0 aliphatic carbocycles. The minimum Gasteiger partial charge on any atom is -0.370 e. The Labute approximate surface area is 431 Å². The van der Waals surface area contributed by atoms with Gasteiger partial charge in [-0.2, -0.15) is 0 Å². The predicted molar refractivity (Wildman–Crippen MR) is 281 cm³/mol. The summed E-state index contributed by atoms with van der Waals surface area (Å²) in [5.74, 6) is -7.09. The van der Waals surface area contributed by atoms with Crippen LogP contribution in [0.5, 0.6) is 0 Å². The second kappa shape index (κ2) is 29.0. The van der Waals surface area contributed by atoms with Crippen molar-refractivity contribution < 1.29 is 43.2 Å². The molecule has 2 heterocycles. The van der Waals surface area contributed by atoms with E-state index >= 15 is 0 Å². The van der Waals surface area contributed by atoms with Crippen molar-refractivity contribution in [2.75, 3.05) is 18.8 Å². The van der Waals surface area contributed by atoms with Crippen molar-refractivity contribution in [1.29, 1.82) is 0 Å². The molecule has 25 heteroatoms. The molecule has 73 heavy (non-hydrogen) atoms. The summed E-state index contributed by atoms with van der Waals surface area (Å²) in [6.07, 6.45) is 2.09. The van der Waals surface area contributed by atoms with Crippen molar-refractivity contribution in [2.45, 2.75) is 132 Å². The van der Waals surface area contributed by atoms with Crippen molar-refractivity contribution in [2.24, 2.45) is 33.7 Å². The maximum Gasteiger partial charge on any atom is 0.243 e. The maximum atomic E-state index is 14.6. The van der Waals surface area contributed by atoms with E-state index in [0.29, 0.717) is 30.5 Å². The van der Waals surface area contributed by atoms with Gasteiger partial charge in [0.2, 0.25) is 53.2 Å². The van der Waals surface area contributed by atoms with Crippen LogP contribution >= 0.6 is 21.6 Å². The number of benzene rings is 2. The lowest BCUT2D eigenvalue weighted by Crippen LogP contribution is -2.61. The molecule has 1 fully saturated rings. The van der Waals surface area contributed by atoms with E-state index < -0.39 is 100 Å². The number of carbonyl (C=O) groups excluding carboxylic acids is 9. The van der Waals surface area contributed by atoms with Gasteiger partial charge in [-0.3, -0.25) is 48.1 Å². The number of nitrogens with zero attached hydrogens (tertiary/aromatic N) is 1. The van der Waals surface area contributed by atoms with E-state index in [1.807, 2.05) is 24.3 Å². The SMILES string of the molecule is CC(=O)N[C@H](CCCCN)C(=O)N[C@H]1CCSSC(C)(C)[C@@H](C(N)=O)NC(=O)[C@H](Cc2c[nH]c3ccccc23)NC(=O)[C@H](CCCN=C(N)N)NC(=O)[C@@H](Cc2ccccc2)NC(=O)[C@H](CCC(N)=O)NC1=O. The third kappa shape index (κ3) is 19.3. The van der Waals surface area contributed by atoms with Gasteiger partial charge in [0.15, 0.2) is 5.96 Å². The number of nitrogens with one attached hydrogen (secondary N) is 8. The fourth-order valence-corrected chi connectivity index (χ4v) is 10.7. The molecular formula is C48H70N14O9S2. The lowest BCUT2D eigenvalue weighted by Gasteiger charge is -2.33. The number of hydrogen-bond acceptors (Lipinski definition) is 13. The maximum absolute atomic E-state index is 14.6. The second-order valence-corrected chi connectivity index (χ2v) is 21.3. The molecular weight excluding hydrogens is 981 g/mol. The Bertz CT molecular complexity index is 2430. The highest BCUT2D eigenvalue weighted by Crippen LogP contribution is 2.39. The first-order valence-electron chi connectivity index (χ1n) is 24.0. The Morgan fingerprint density at radius 3 is 2.00 bits per heavy atom. The molecule has 0 radical (unpaired) electrons. The lowest BCUT2D eigenvalue weighted by molar-refractivity contribution is -0.136. The third-order valence-electron chi connectivity index (χ3n) is 11.8. The number of aromatic nitrogens is 1. The van der Waals surface area contributed by atoms with E-state index in [9.17, 15) is 43.2 Å². The minimum atomic E-state index is -1.49. The zero-order chi connectivity index (χ0) is 53.7. The number of guanidine groups is 1. The molecule has 2 aromatic carbocycles. The predicted octanol–water partition coefficient (Wildman–Crippen LogP) is -1.14. The molecule has 0 spiro atoms. The monoisotopic (exact) mass is 1050 g/mol. The number of primary amides is 2. The fourth-order valence-electron chi connectivity index (χ4n) is 7.99. The van der Waals surface area contributed by atoms with Crippen molar-refractivity contribution in [3.8, 4) is 0 Å². The van der Waals surface area contributed by atoms with Crippen LogP contribution in [0.15, 0.2) is 65.8 Å². The van der Waals surface area contributed by atoms with Gasteiger partial charge >= 0.3 is 0 Å². The number of aliphatic imine (C=N–C) groups is 1. The van der Waals surface area contributed by atoms with Crippen LogP contribution < -0.4 is 65.9 Å². The highest BCUT2D eigenvalue weighted by molar-refractivity contribution is 8.77. The highest BCUT2D eigenvalue weighted by Gasteiger charge is 2.40. The molecule has 9 amide bonds. The Hall–Kier alpha value is -6.86. The molecule has 1 aliphatic rings. The number of aromatic amines is 1. The summed E-state index contributed by atoms with van der Waals surface area (Å²) in [5.41, 5.74) is 30.3. The first kappa shape index (κ1) is 58.7. The number of rotatable bonds is 19. The van der Waals surface area contributed by atoms with Crippen LogP contribution in [0.3, 0.4) is 0 Å². The molecule has 1 aliphatic heterocycles. The number of carbonyl (C=O) groups is 9. The van der Waals surface area contributed by atoms with Crippen molar-refractivity contribution in [3.05, 3.63) is 71.9 Å². The minimum absolute atomic E-state index is 0.0569. The van der Waals surface area contributed by atoms with E-state index in [0.717, 1.165) is 21.7 Å². The van der Waals surface area contributed by atoms with Crippen LogP contribution in [0.2, 0.25) is 0 Å². The molecule has 0 unspecified atom stereocenters. The molecule has 18 N–H and O–H groups in total. The zero-order valence-corrected chi connectivity index (χ0v) is 43.0. The van der Waals surface area contributed by atoms with Gasteiger partial charge < -0.3 is 70.9 Å². The van der Waals surface area contributed by atoms with Crippen LogP contribution in [0.1, 0.15) is 83.3 Å². The van der Waals surface area contributed by atoms with Gasteiger partial charge in [0.1, 0.15) is 42.3 Å². The van der Waals surface area contributed by atoms with Crippen LogP contribution in [0.25, 0.3) is 10.9 Å². The van der Waals surface area contributed by atoms with Gasteiger partial charge in [-0.25, -0.2) is 0 Å². The first-order valence-corrected chi connectivity index (χ1v) is 26.3. The average Bonchev–Trinajstić information content (AvgIpc) is 3.74. The summed E-state index contributed by atoms with van der Waals surface area (Å²) in [6, 6.07) is 6.61. The van der Waals surface area contributed by atoms with Crippen molar-refractivity contribution >= 4 is 91.6 Å². The summed E-state index contributed by atoms with van der Waals surface area (Å²) >= 11 is 0. The molecule has 3 aromatic rings. The first-order chi connectivity index (χ1) is 34.7. The summed E-state index contributed by atoms with van der Waals surface area (Å²) in [4.78, 5) is 131. The molecule has 23 nitrogen and oxygen atoms in total. The number of unbranched alkanes of at least 4 members (excludes halogenated alkanes) is 1. The van der Waals surface area contributed by atoms with E-state index in [1.54, 1.807) is 50.4 Å². The zero-order valence-electron chi connectivity index (χ0n) is 41.3. The van der Waals surface area contributed by atoms with Gasteiger partial charge in [-0.15, -0.1) is 0 Å². The van der Waals surface area contributed by atoms with Crippen LogP contribution in [-0.2, 0) is 56.0 Å². The quantitative estimate of drug-likeness (QED) is 0.0292. The Kier molecular flexibility index (Phi) is 23.3. The molecule has 1 saturated heterocycles. The van der Waals surface area contributed by atoms with Gasteiger partial charge in [0.25, 0.3) is 0 Å². The van der Waals surface area contributed by atoms with Crippen LogP contribution in [-0.4, -0.2) is 130 Å². The topological polar surface area (TPSA) is 396 Å². The van der Waals surface area contributed by atoms with Gasteiger partial charge in [0, 0.05) is 60.3 Å². The number of fused-ring (bicyclic) bond motifs is 1. The summed E-state index contributed by atoms with van der Waals surface area (Å²) < 4.78 is -1.14. The molecule has 1 aromatic heterocycles. The molecule has 7 atom stereocenters. The van der Waals surface area contributed by atoms with Gasteiger partial charge in [-0.05, 0) is 82.5 Å². The van der Waals surface area contributed by atoms with Crippen LogP contribution in [0, 0.1) is 0 Å². The number of amides is 9. The van der Waals surface area contributed by atoms with E-state index in [-0.39, 0.29) is 69.6 Å². The van der Waals surface area contributed by atoms with Crippen LogP contribution in [0.4, 0.5) is 0 Å².